The number of nitrogens with one attached hydrogen (secondary N) is 1. The molecule has 1 saturated carbocycles. The lowest BCUT2D eigenvalue weighted by Crippen LogP contribution is -2.34. The molecule has 1 aromatic heterocycles. The van der Waals surface area contributed by atoms with Crippen LogP contribution in [0.2, 0.25) is 5.02 Å². The van der Waals surface area contributed by atoms with Gasteiger partial charge in [-0.05, 0) is 42.3 Å². The molecule has 0 saturated heterocycles. The van der Waals surface area contributed by atoms with Crippen molar-refractivity contribution in [1.82, 2.24) is 25.5 Å². The molecule has 7 nitrogen and oxygen atoms in total. The van der Waals surface area contributed by atoms with E-state index >= 15 is 0 Å². The minimum atomic E-state index is -0.195. The van der Waals surface area contributed by atoms with E-state index in [9.17, 15) is 9.90 Å². The van der Waals surface area contributed by atoms with Gasteiger partial charge in [-0.1, -0.05) is 11.6 Å². The number of nitrogens with zero attached hydrogens (tertiary/aromatic N) is 4. The van der Waals surface area contributed by atoms with Crippen molar-refractivity contribution in [2.75, 3.05) is 13.2 Å². The number of hydrogen-bond acceptors (Lipinski definition) is 5. The number of aliphatic hydroxyl groups excluding tert-OH is 1. The van der Waals surface area contributed by atoms with Crippen LogP contribution in [0.5, 0.6) is 0 Å². The van der Waals surface area contributed by atoms with Gasteiger partial charge in [0.2, 0.25) is 11.7 Å². The molecule has 0 radical (unpaired) electrons. The summed E-state index contributed by atoms with van der Waals surface area (Å²) in [5.41, 5.74) is 0.674. The molecular formula is C14H16ClN5O2. The van der Waals surface area contributed by atoms with Gasteiger partial charge < -0.3 is 10.4 Å². The largest absolute Gasteiger partial charge is 0.396 e. The third-order valence-corrected chi connectivity index (χ3v) is 4.05. The first-order chi connectivity index (χ1) is 10.6. The molecular weight excluding hydrogens is 306 g/mol. The van der Waals surface area contributed by atoms with Crippen LogP contribution in [0.3, 0.4) is 0 Å². The van der Waals surface area contributed by atoms with Crippen LogP contribution in [0.1, 0.15) is 12.8 Å². The third kappa shape index (κ3) is 3.42. The van der Waals surface area contributed by atoms with Crippen molar-refractivity contribution in [3.8, 4) is 11.4 Å². The normalized spacial score (nSPS) is 15.5. The molecule has 8 heteroatoms. The van der Waals surface area contributed by atoms with Crippen molar-refractivity contribution in [3.63, 3.8) is 0 Å². The molecule has 1 amide bonds. The lowest BCUT2D eigenvalue weighted by Gasteiger charge is -2.12. The van der Waals surface area contributed by atoms with E-state index in [1.807, 2.05) is 0 Å². The van der Waals surface area contributed by atoms with Crippen molar-refractivity contribution in [1.29, 1.82) is 0 Å². The van der Waals surface area contributed by atoms with Gasteiger partial charge in [-0.2, -0.15) is 4.80 Å². The molecule has 0 unspecified atom stereocenters. The molecule has 116 valence electrons. The van der Waals surface area contributed by atoms with Crippen molar-refractivity contribution in [2.24, 2.45) is 5.41 Å². The van der Waals surface area contributed by atoms with E-state index in [1.165, 1.54) is 4.80 Å². The van der Waals surface area contributed by atoms with E-state index < -0.39 is 0 Å². The molecule has 0 spiro atoms. The van der Waals surface area contributed by atoms with Gasteiger partial charge in [0.15, 0.2) is 0 Å². The Labute approximate surface area is 132 Å². The summed E-state index contributed by atoms with van der Waals surface area (Å²) in [5.74, 6) is 0.248. The second-order valence-corrected chi connectivity index (χ2v) is 6.02. The first kappa shape index (κ1) is 14.9. The third-order valence-electron chi connectivity index (χ3n) is 3.79. The van der Waals surface area contributed by atoms with Crippen LogP contribution in [0, 0.1) is 5.41 Å². The highest BCUT2D eigenvalue weighted by molar-refractivity contribution is 6.30. The van der Waals surface area contributed by atoms with Crippen LogP contribution < -0.4 is 5.32 Å². The second-order valence-electron chi connectivity index (χ2n) is 5.59. The summed E-state index contributed by atoms with van der Waals surface area (Å²) in [6.45, 7) is 0.596. The van der Waals surface area contributed by atoms with Crippen LogP contribution in [-0.2, 0) is 11.3 Å². The molecule has 22 heavy (non-hydrogen) atoms. The number of amides is 1. The lowest BCUT2D eigenvalue weighted by atomic mass is 10.1. The Hall–Kier alpha value is -1.99. The summed E-state index contributed by atoms with van der Waals surface area (Å²) in [7, 11) is 0. The number of rotatable bonds is 6. The van der Waals surface area contributed by atoms with Crippen molar-refractivity contribution < 1.29 is 9.90 Å². The molecule has 1 aliphatic rings. The lowest BCUT2D eigenvalue weighted by molar-refractivity contribution is -0.122. The number of halogens is 1. The maximum Gasteiger partial charge on any atom is 0.243 e. The van der Waals surface area contributed by atoms with Gasteiger partial charge in [0.25, 0.3) is 0 Å². The number of carbonyl (C=O) groups is 1. The zero-order valence-corrected chi connectivity index (χ0v) is 12.6. The smallest absolute Gasteiger partial charge is 0.243 e. The Morgan fingerprint density at radius 3 is 2.73 bits per heavy atom. The first-order valence-corrected chi connectivity index (χ1v) is 7.39. The first-order valence-electron chi connectivity index (χ1n) is 7.02. The highest BCUT2D eigenvalue weighted by Crippen LogP contribution is 2.44. The standard InChI is InChI=1S/C14H16ClN5O2/c15-11-3-1-10(2-4-11)13-17-19-20(18-13)7-12(22)16-8-14(9-21)5-6-14/h1-4,21H,5-9H2,(H,16,22). The van der Waals surface area contributed by atoms with Gasteiger partial charge in [0.05, 0.1) is 6.61 Å². The minimum absolute atomic E-state index is 0.00208. The zero-order chi connectivity index (χ0) is 15.6. The van der Waals surface area contributed by atoms with Crippen molar-refractivity contribution in [2.45, 2.75) is 19.4 Å². The Bertz CT molecular complexity index is 666. The summed E-state index contributed by atoms with van der Waals surface area (Å²) in [6, 6.07) is 7.08. The van der Waals surface area contributed by atoms with E-state index in [-0.39, 0.29) is 24.5 Å². The Balaban J connectivity index is 1.57. The zero-order valence-electron chi connectivity index (χ0n) is 11.9. The molecule has 0 bridgehead atoms. The minimum Gasteiger partial charge on any atom is -0.396 e. The number of carbonyl (C=O) groups excluding carboxylic acids is 1. The average Bonchev–Trinajstić information content (AvgIpc) is 3.17. The molecule has 1 fully saturated rings. The van der Waals surface area contributed by atoms with Gasteiger partial charge in [-0.15, -0.1) is 10.2 Å². The van der Waals surface area contributed by atoms with E-state index in [0.29, 0.717) is 17.4 Å². The van der Waals surface area contributed by atoms with Gasteiger partial charge in [0, 0.05) is 22.5 Å². The molecule has 1 heterocycles. The Kier molecular flexibility index (Phi) is 4.08. The fraction of sp³-hybridized carbons (Fsp3) is 0.429. The van der Waals surface area contributed by atoms with Crippen molar-refractivity contribution >= 4 is 17.5 Å². The fourth-order valence-electron chi connectivity index (χ4n) is 2.06. The van der Waals surface area contributed by atoms with Crippen LogP contribution >= 0.6 is 11.6 Å². The summed E-state index contributed by atoms with van der Waals surface area (Å²) in [5, 5.41) is 24.6. The number of aromatic nitrogens is 4. The topological polar surface area (TPSA) is 92.9 Å². The molecule has 3 rings (SSSR count). The average molecular weight is 322 g/mol. The summed E-state index contributed by atoms with van der Waals surface area (Å²) in [6.07, 6.45) is 1.90. The second kappa shape index (κ2) is 6.02. The monoisotopic (exact) mass is 321 g/mol. The van der Waals surface area contributed by atoms with Crippen LogP contribution in [0.15, 0.2) is 24.3 Å². The molecule has 1 aromatic carbocycles. The maximum absolute atomic E-state index is 11.9. The number of tetrazole rings is 1. The van der Waals surface area contributed by atoms with Gasteiger partial charge in [-0.25, -0.2) is 0 Å². The van der Waals surface area contributed by atoms with Gasteiger partial charge in [-0.3, -0.25) is 4.79 Å². The molecule has 2 aromatic rings. The van der Waals surface area contributed by atoms with E-state index in [2.05, 4.69) is 20.7 Å². The highest BCUT2D eigenvalue weighted by atomic mass is 35.5. The number of benzene rings is 1. The highest BCUT2D eigenvalue weighted by Gasteiger charge is 2.42. The van der Waals surface area contributed by atoms with Crippen molar-refractivity contribution in [3.05, 3.63) is 29.3 Å². The summed E-state index contributed by atoms with van der Waals surface area (Å²) in [4.78, 5) is 13.1. The quantitative estimate of drug-likeness (QED) is 0.824. The summed E-state index contributed by atoms with van der Waals surface area (Å²) >= 11 is 5.83. The molecule has 0 atom stereocenters. The predicted molar refractivity (Wildman–Crippen MR) is 80.0 cm³/mol. The summed E-state index contributed by atoms with van der Waals surface area (Å²) < 4.78 is 0. The molecule has 1 aliphatic carbocycles. The number of hydrogen-bond donors (Lipinski definition) is 2. The Morgan fingerprint density at radius 1 is 1.36 bits per heavy atom. The van der Waals surface area contributed by atoms with Crippen LogP contribution in [-0.4, -0.2) is 44.4 Å². The van der Waals surface area contributed by atoms with E-state index in [1.54, 1.807) is 24.3 Å². The van der Waals surface area contributed by atoms with E-state index in [0.717, 1.165) is 18.4 Å². The van der Waals surface area contributed by atoms with Crippen LogP contribution in [0.25, 0.3) is 11.4 Å². The van der Waals surface area contributed by atoms with Gasteiger partial charge >= 0.3 is 0 Å². The maximum atomic E-state index is 11.9. The molecule has 0 aliphatic heterocycles. The van der Waals surface area contributed by atoms with Crippen LogP contribution in [0.4, 0.5) is 0 Å². The Morgan fingerprint density at radius 2 is 2.09 bits per heavy atom. The van der Waals surface area contributed by atoms with Gasteiger partial charge in [0.1, 0.15) is 6.54 Å². The number of aliphatic hydroxyl groups is 1. The predicted octanol–water partition coefficient (Wildman–Crippen LogP) is 0.882. The molecule has 2 N–H and O–H groups in total. The van der Waals surface area contributed by atoms with E-state index in [4.69, 9.17) is 11.6 Å². The SMILES string of the molecule is O=C(Cn1nnc(-c2ccc(Cl)cc2)n1)NCC1(CO)CC1. The fourth-order valence-corrected chi connectivity index (χ4v) is 2.19.